The van der Waals surface area contributed by atoms with Crippen LogP contribution in [-0.4, -0.2) is 16.7 Å². The van der Waals surface area contributed by atoms with Gasteiger partial charge in [0.1, 0.15) is 5.60 Å². The van der Waals surface area contributed by atoms with Crippen LogP contribution < -0.4 is 5.32 Å². The highest BCUT2D eigenvalue weighted by Crippen LogP contribution is 2.22. The number of ether oxygens (including phenoxy) is 1. The number of rotatable bonds is 2. The number of alkyl carbamates (subject to hydrolysis) is 1. The Kier molecular flexibility index (Phi) is 4.32. The maximum Gasteiger partial charge on any atom is 0.407 e. The molecule has 0 aliphatic carbocycles. The highest BCUT2D eigenvalue weighted by molar-refractivity contribution is 9.11. The van der Waals surface area contributed by atoms with Crippen LogP contribution in [0.4, 0.5) is 4.79 Å². The lowest BCUT2D eigenvalue weighted by Gasteiger charge is -2.19. The van der Waals surface area contributed by atoms with Crippen LogP contribution in [-0.2, 0) is 11.3 Å². The normalized spacial score (nSPS) is 11.3. The summed E-state index contributed by atoms with van der Waals surface area (Å²) in [6.07, 6.45) is -0.406. The van der Waals surface area contributed by atoms with E-state index in [1.54, 1.807) is 0 Å². The molecule has 90 valence electrons. The zero-order valence-corrected chi connectivity index (χ0v) is 12.2. The molecule has 0 aromatic carbocycles. The second kappa shape index (κ2) is 5.14. The van der Waals surface area contributed by atoms with Gasteiger partial charge in [0.05, 0.1) is 12.2 Å². The highest BCUT2D eigenvalue weighted by Gasteiger charge is 2.16. The van der Waals surface area contributed by atoms with Crippen LogP contribution in [0.3, 0.4) is 0 Å². The number of thiazole rings is 1. The number of carbonyl (C=O) groups excluding carboxylic acids is 1. The minimum Gasteiger partial charge on any atom is -0.444 e. The maximum atomic E-state index is 11.4. The molecule has 1 aromatic heterocycles. The Balaban J connectivity index is 2.46. The Bertz CT molecular complexity index is 385. The van der Waals surface area contributed by atoms with Crippen molar-refractivity contribution in [1.29, 1.82) is 0 Å². The predicted octanol–water partition coefficient (Wildman–Crippen LogP) is 3.24. The van der Waals surface area contributed by atoms with E-state index in [-0.39, 0.29) is 0 Å². The first-order valence-corrected chi connectivity index (χ1v) is 6.47. The van der Waals surface area contributed by atoms with Gasteiger partial charge in [-0.05, 0) is 43.6 Å². The number of halogens is 1. The highest BCUT2D eigenvalue weighted by atomic mass is 79.9. The largest absolute Gasteiger partial charge is 0.444 e. The molecule has 1 amide bonds. The number of nitrogens with zero attached hydrogens (tertiary/aromatic N) is 1. The van der Waals surface area contributed by atoms with E-state index in [1.165, 1.54) is 11.3 Å². The van der Waals surface area contributed by atoms with Gasteiger partial charge in [0.25, 0.3) is 0 Å². The molecule has 4 nitrogen and oxygen atoms in total. The lowest BCUT2D eigenvalue weighted by atomic mass is 10.2. The van der Waals surface area contributed by atoms with Gasteiger partial charge in [-0.25, -0.2) is 9.78 Å². The molecule has 0 radical (unpaired) electrons. The van der Waals surface area contributed by atoms with Crippen LogP contribution in [0.15, 0.2) is 3.92 Å². The Morgan fingerprint density at radius 1 is 1.56 bits per heavy atom. The molecular formula is C10H15BrN2O2S. The lowest BCUT2D eigenvalue weighted by molar-refractivity contribution is 0.0524. The Labute approximate surface area is 108 Å². The van der Waals surface area contributed by atoms with Gasteiger partial charge in [0.15, 0.2) is 3.92 Å². The van der Waals surface area contributed by atoms with Gasteiger partial charge in [0, 0.05) is 4.88 Å². The van der Waals surface area contributed by atoms with E-state index in [0.29, 0.717) is 6.54 Å². The summed E-state index contributed by atoms with van der Waals surface area (Å²) in [7, 11) is 0. The molecule has 0 bridgehead atoms. The zero-order chi connectivity index (χ0) is 12.3. The smallest absolute Gasteiger partial charge is 0.407 e. The fraction of sp³-hybridized carbons (Fsp3) is 0.600. The summed E-state index contributed by atoms with van der Waals surface area (Å²) >= 11 is 4.81. The number of hydrogen-bond donors (Lipinski definition) is 1. The average Bonchev–Trinajstić information content (AvgIpc) is 2.38. The molecule has 0 unspecified atom stereocenters. The van der Waals surface area contributed by atoms with E-state index in [0.717, 1.165) is 14.5 Å². The molecule has 1 aromatic rings. The van der Waals surface area contributed by atoms with Gasteiger partial charge in [-0.2, -0.15) is 0 Å². The van der Waals surface area contributed by atoms with Crippen LogP contribution >= 0.6 is 27.3 Å². The summed E-state index contributed by atoms with van der Waals surface area (Å²) in [5.41, 5.74) is 0.459. The topological polar surface area (TPSA) is 51.2 Å². The second-order valence-electron chi connectivity index (χ2n) is 4.33. The number of amides is 1. The number of aryl methyl sites for hydroxylation is 1. The second-order valence-corrected chi connectivity index (χ2v) is 6.69. The Hall–Kier alpha value is -0.620. The van der Waals surface area contributed by atoms with Crippen molar-refractivity contribution in [2.75, 3.05) is 0 Å². The van der Waals surface area contributed by atoms with E-state index in [9.17, 15) is 4.79 Å². The molecule has 0 saturated heterocycles. The first-order valence-electron chi connectivity index (χ1n) is 4.86. The first kappa shape index (κ1) is 13.4. The van der Waals surface area contributed by atoms with Gasteiger partial charge >= 0.3 is 6.09 Å². The summed E-state index contributed by atoms with van der Waals surface area (Å²) in [5.74, 6) is 0. The number of hydrogen-bond acceptors (Lipinski definition) is 4. The van der Waals surface area contributed by atoms with Crippen molar-refractivity contribution < 1.29 is 9.53 Å². The monoisotopic (exact) mass is 306 g/mol. The minimum atomic E-state index is -0.465. The van der Waals surface area contributed by atoms with Crippen molar-refractivity contribution >= 4 is 33.4 Å². The van der Waals surface area contributed by atoms with Crippen LogP contribution in [0.25, 0.3) is 0 Å². The molecule has 0 aliphatic heterocycles. The summed E-state index contributed by atoms with van der Waals surface area (Å²) in [4.78, 5) is 16.6. The van der Waals surface area contributed by atoms with Crippen molar-refractivity contribution in [2.45, 2.75) is 39.8 Å². The molecule has 0 fully saturated rings. The quantitative estimate of drug-likeness (QED) is 0.912. The van der Waals surface area contributed by atoms with E-state index >= 15 is 0 Å². The lowest BCUT2D eigenvalue weighted by Crippen LogP contribution is -2.32. The fourth-order valence-electron chi connectivity index (χ4n) is 1.02. The zero-order valence-electron chi connectivity index (χ0n) is 9.76. The summed E-state index contributed by atoms with van der Waals surface area (Å²) in [6.45, 7) is 7.86. The molecule has 16 heavy (non-hydrogen) atoms. The maximum absolute atomic E-state index is 11.4. The SMILES string of the molecule is Cc1nc(Br)sc1CNC(=O)OC(C)(C)C. The van der Waals surface area contributed by atoms with Gasteiger partial charge in [0.2, 0.25) is 0 Å². The fourth-order valence-corrected chi connectivity index (χ4v) is 2.60. The third kappa shape index (κ3) is 4.49. The van der Waals surface area contributed by atoms with E-state index < -0.39 is 11.7 Å². The van der Waals surface area contributed by atoms with Crippen molar-refractivity contribution in [3.05, 3.63) is 14.5 Å². The number of nitrogens with one attached hydrogen (secondary N) is 1. The van der Waals surface area contributed by atoms with Crippen molar-refractivity contribution in [2.24, 2.45) is 0 Å². The van der Waals surface area contributed by atoms with Crippen molar-refractivity contribution in [1.82, 2.24) is 10.3 Å². The standard InChI is InChI=1S/C10H15BrN2O2S/c1-6-7(16-8(11)13-6)5-12-9(14)15-10(2,3)4/h5H2,1-4H3,(H,12,14). The molecule has 0 spiro atoms. The first-order chi connectivity index (χ1) is 7.28. The van der Waals surface area contributed by atoms with Gasteiger partial charge in [-0.1, -0.05) is 0 Å². The number of carbonyl (C=O) groups is 1. The third-order valence-electron chi connectivity index (χ3n) is 1.66. The molecule has 0 atom stereocenters. The number of aromatic nitrogens is 1. The predicted molar refractivity (Wildman–Crippen MR) is 67.6 cm³/mol. The molecule has 0 saturated carbocycles. The summed E-state index contributed by atoms with van der Waals surface area (Å²) in [5, 5.41) is 2.70. The van der Waals surface area contributed by atoms with Crippen LogP contribution in [0, 0.1) is 6.92 Å². The van der Waals surface area contributed by atoms with E-state index in [2.05, 4.69) is 26.2 Å². The van der Waals surface area contributed by atoms with Crippen molar-refractivity contribution in [3.63, 3.8) is 0 Å². The molecule has 6 heteroatoms. The molecule has 0 aliphatic rings. The Morgan fingerprint density at radius 3 is 2.62 bits per heavy atom. The van der Waals surface area contributed by atoms with E-state index in [1.807, 2.05) is 27.7 Å². The Morgan fingerprint density at radius 2 is 2.19 bits per heavy atom. The minimum absolute atomic E-state index is 0.406. The van der Waals surface area contributed by atoms with Crippen molar-refractivity contribution in [3.8, 4) is 0 Å². The van der Waals surface area contributed by atoms with Gasteiger partial charge < -0.3 is 10.1 Å². The van der Waals surface area contributed by atoms with Crippen LogP contribution in [0.2, 0.25) is 0 Å². The average molecular weight is 307 g/mol. The summed E-state index contributed by atoms with van der Waals surface area (Å²) < 4.78 is 5.95. The molecular weight excluding hydrogens is 292 g/mol. The van der Waals surface area contributed by atoms with Crippen LogP contribution in [0.1, 0.15) is 31.3 Å². The molecule has 1 rings (SSSR count). The van der Waals surface area contributed by atoms with Crippen LogP contribution in [0.5, 0.6) is 0 Å². The van der Waals surface area contributed by atoms with E-state index in [4.69, 9.17) is 4.74 Å². The third-order valence-corrected chi connectivity index (χ3v) is 3.27. The summed E-state index contributed by atoms with van der Waals surface area (Å²) in [6, 6.07) is 0. The van der Waals surface area contributed by atoms with Gasteiger partial charge in [-0.3, -0.25) is 0 Å². The molecule has 1 N–H and O–H groups in total. The molecule has 1 heterocycles. The van der Waals surface area contributed by atoms with Gasteiger partial charge in [-0.15, -0.1) is 11.3 Å².